The van der Waals surface area contributed by atoms with Crippen molar-refractivity contribution in [1.29, 1.82) is 0 Å². The monoisotopic (exact) mass is 421 g/mol. The molecule has 0 saturated carbocycles. The van der Waals surface area contributed by atoms with Gasteiger partial charge in [-0.3, -0.25) is 14.5 Å². The molecule has 4 rings (SSSR count). The normalized spacial score (nSPS) is 19.0. The van der Waals surface area contributed by atoms with Gasteiger partial charge in [0.1, 0.15) is 5.76 Å². The van der Waals surface area contributed by atoms with Crippen molar-refractivity contribution >= 4 is 17.9 Å². The quantitative estimate of drug-likeness (QED) is 0.695. The van der Waals surface area contributed by atoms with E-state index < -0.39 is 0 Å². The van der Waals surface area contributed by atoms with Gasteiger partial charge < -0.3 is 14.6 Å². The largest absolute Gasteiger partial charge is 0.468 e. The number of rotatable bonds is 7. The topological polar surface area (TPSA) is 65.8 Å². The van der Waals surface area contributed by atoms with Crippen LogP contribution in [-0.4, -0.2) is 54.3 Å². The lowest BCUT2D eigenvalue weighted by Gasteiger charge is -2.31. The lowest BCUT2D eigenvalue weighted by Crippen LogP contribution is -2.44. The van der Waals surface area contributed by atoms with Crippen molar-refractivity contribution in [3.05, 3.63) is 66.1 Å². The van der Waals surface area contributed by atoms with E-state index in [-0.39, 0.29) is 23.8 Å². The Bertz CT molecular complexity index is 865. The summed E-state index contributed by atoms with van der Waals surface area (Å²) < 4.78 is 5.64. The van der Waals surface area contributed by atoms with Gasteiger partial charge in [0.25, 0.3) is 0 Å². The molecule has 2 fully saturated rings. The zero-order chi connectivity index (χ0) is 21.5. The van der Waals surface area contributed by atoms with Crippen LogP contribution in [0.3, 0.4) is 0 Å². The Morgan fingerprint density at radius 3 is 2.45 bits per heavy atom. The van der Waals surface area contributed by atoms with Crippen molar-refractivity contribution in [3.8, 4) is 0 Å². The number of nitrogens with one attached hydrogen (secondary N) is 1. The van der Waals surface area contributed by atoms with Crippen LogP contribution in [0.4, 0.5) is 0 Å². The van der Waals surface area contributed by atoms with Crippen molar-refractivity contribution in [2.45, 2.75) is 31.7 Å². The molecule has 0 aliphatic carbocycles. The minimum Gasteiger partial charge on any atom is -0.468 e. The SMILES string of the molecule is O=C(NCC(c1ccco1)N1CCCC1)C1CCN(C(=O)C=Cc2ccccc2)CC1. The first-order chi connectivity index (χ1) is 15.2. The molecule has 0 spiro atoms. The Labute approximate surface area is 183 Å². The van der Waals surface area contributed by atoms with Crippen LogP contribution in [0.15, 0.2) is 59.2 Å². The molecule has 1 atom stereocenters. The summed E-state index contributed by atoms with van der Waals surface area (Å²) in [5, 5.41) is 3.15. The Kier molecular flexibility index (Phi) is 7.20. The van der Waals surface area contributed by atoms with Gasteiger partial charge >= 0.3 is 0 Å². The Morgan fingerprint density at radius 2 is 1.77 bits per heavy atom. The average Bonchev–Trinajstić information content (AvgIpc) is 3.53. The van der Waals surface area contributed by atoms with Crippen LogP contribution in [0.1, 0.15) is 43.0 Å². The van der Waals surface area contributed by atoms with E-state index in [1.165, 1.54) is 12.8 Å². The summed E-state index contributed by atoms with van der Waals surface area (Å²) in [6.45, 7) is 3.87. The Balaban J connectivity index is 1.25. The van der Waals surface area contributed by atoms with Gasteiger partial charge in [-0.05, 0) is 62.5 Å². The molecule has 1 N–H and O–H groups in total. The Morgan fingerprint density at radius 1 is 1.03 bits per heavy atom. The Hall–Kier alpha value is -2.86. The van der Waals surface area contributed by atoms with Crippen LogP contribution in [-0.2, 0) is 9.59 Å². The van der Waals surface area contributed by atoms with Crippen molar-refractivity contribution in [1.82, 2.24) is 15.1 Å². The average molecular weight is 422 g/mol. The molecule has 31 heavy (non-hydrogen) atoms. The molecule has 2 aromatic rings. The van der Waals surface area contributed by atoms with E-state index in [0.29, 0.717) is 32.5 Å². The highest BCUT2D eigenvalue weighted by atomic mass is 16.3. The van der Waals surface area contributed by atoms with Gasteiger partial charge in [0.15, 0.2) is 0 Å². The fraction of sp³-hybridized carbons (Fsp3) is 0.440. The fourth-order valence-corrected chi connectivity index (χ4v) is 4.48. The highest BCUT2D eigenvalue weighted by Crippen LogP contribution is 2.25. The van der Waals surface area contributed by atoms with Crippen LogP contribution in [0.25, 0.3) is 6.08 Å². The van der Waals surface area contributed by atoms with Crippen LogP contribution in [0.2, 0.25) is 0 Å². The number of benzene rings is 1. The van der Waals surface area contributed by atoms with Gasteiger partial charge in [-0.1, -0.05) is 30.3 Å². The third-order valence-corrected chi connectivity index (χ3v) is 6.32. The maximum Gasteiger partial charge on any atom is 0.246 e. The molecule has 2 amide bonds. The number of carbonyl (C=O) groups excluding carboxylic acids is 2. The number of piperidine rings is 1. The van der Waals surface area contributed by atoms with E-state index in [1.807, 2.05) is 53.4 Å². The van der Waals surface area contributed by atoms with Gasteiger partial charge in [-0.25, -0.2) is 0 Å². The van der Waals surface area contributed by atoms with Gasteiger partial charge in [0.2, 0.25) is 11.8 Å². The fourth-order valence-electron chi connectivity index (χ4n) is 4.48. The van der Waals surface area contributed by atoms with E-state index >= 15 is 0 Å². The molecule has 6 heteroatoms. The van der Waals surface area contributed by atoms with E-state index in [4.69, 9.17) is 4.42 Å². The van der Waals surface area contributed by atoms with Crippen LogP contribution >= 0.6 is 0 Å². The first-order valence-electron chi connectivity index (χ1n) is 11.3. The summed E-state index contributed by atoms with van der Waals surface area (Å²) in [6.07, 6.45) is 8.94. The summed E-state index contributed by atoms with van der Waals surface area (Å²) >= 11 is 0. The molecular weight excluding hydrogens is 390 g/mol. The molecule has 0 bridgehead atoms. The highest BCUT2D eigenvalue weighted by molar-refractivity contribution is 5.92. The first kappa shape index (κ1) is 21.4. The lowest BCUT2D eigenvalue weighted by molar-refractivity contribution is -0.132. The second-order valence-electron chi connectivity index (χ2n) is 8.36. The number of carbonyl (C=O) groups is 2. The second kappa shape index (κ2) is 10.4. The third kappa shape index (κ3) is 5.64. The van der Waals surface area contributed by atoms with E-state index in [0.717, 1.165) is 24.4 Å². The van der Waals surface area contributed by atoms with Gasteiger partial charge in [-0.2, -0.15) is 0 Å². The molecule has 0 radical (unpaired) electrons. The number of likely N-dealkylation sites (tertiary alicyclic amines) is 2. The molecule has 1 aromatic carbocycles. The summed E-state index contributed by atoms with van der Waals surface area (Å²) in [6, 6.07) is 13.8. The molecule has 164 valence electrons. The van der Waals surface area contributed by atoms with Gasteiger partial charge in [0.05, 0.1) is 12.3 Å². The molecule has 2 aliphatic rings. The number of furan rings is 1. The predicted molar refractivity (Wildman–Crippen MR) is 120 cm³/mol. The summed E-state index contributed by atoms with van der Waals surface area (Å²) in [5.41, 5.74) is 1.01. The number of amides is 2. The van der Waals surface area contributed by atoms with Crippen molar-refractivity contribution in [2.75, 3.05) is 32.7 Å². The van der Waals surface area contributed by atoms with Crippen molar-refractivity contribution < 1.29 is 14.0 Å². The second-order valence-corrected chi connectivity index (χ2v) is 8.36. The maximum absolute atomic E-state index is 12.8. The zero-order valence-corrected chi connectivity index (χ0v) is 17.9. The molecule has 1 unspecified atom stereocenters. The van der Waals surface area contributed by atoms with Crippen molar-refractivity contribution in [3.63, 3.8) is 0 Å². The zero-order valence-electron chi connectivity index (χ0n) is 17.9. The molecular formula is C25H31N3O3. The molecule has 2 aliphatic heterocycles. The highest BCUT2D eigenvalue weighted by Gasteiger charge is 2.29. The van der Waals surface area contributed by atoms with E-state index in [1.54, 1.807) is 12.3 Å². The summed E-state index contributed by atoms with van der Waals surface area (Å²) in [7, 11) is 0. The number of hydrogen-bond acceptors (Lipinski definition) is 4. The van der Waals surface area contributed by atoms with Crippen LogP contribution < -0.4 is 5.32 Å². The molecule has 2 saturated heterocycles. The first-order valence-corrected chi connectivity index (χ1v) is 11.3. The van der Waals surface area contributed by atoms with Gasteiger partial charge in [0, 0.05) is 31.6 Å². The van der Waals surface area contributed by atoms with Crippen molar-refractivity contribution in [2.24, 2.45) is 5.92 Å². The van der Waals surface area contributed by atoms with E-state index in [9.17, 15) is 9.59 Å². The molecule has 1 aromatic heterocycles. The lowest BCUT2D eigenvalue weighted by atomic mass is 9.95. The van der Waals surface area contributed by atoms with E-state index in [2.05, 4.69) is 10.2 Å². The minimum atomic E-state index is -0.0435. The van der Waals surface area contributed by atoms with Crippen LogP contribution in [0, 0.1) is 5.92 Å². The van der Waals surface area contributed by atoms with Gasteiger partial charge in [-0.15, -0.1) is 0 Å². The number of nitrogens with zero attached hydrogens (tertiary/aromatic N) is 2. The standard InChI is InChI=1S/C25H31N3O3/c29-24(11-10-20-7-2-1-3-8-20)28-16-12-21(13-17-28)25(30)26-19-22(23-9-6-18-31-23)27-14-4-5-15-27/h1-3,6-11,18,21-22H,4-5,12-17,19H2,(H,26,30). The minimum absolute atomic E-state index is 0.00891. The van der Waals surface area contributed by atoms with Crippen LogP contribution in [0.5, 0.6) is 0 Å². The smallest absolute Gasteiger partial charge is 0.246 e. The maximum atomic E-state index is 12.8. The summed E-state index contributed by atoms with van der Waals surface area (Å²) in [4.78, 5) is 29.5. The summed E-state index contributed by atoms with van der Waals surface area (Å²) in [5.74, 6) is 0.961. The molecule has 3 heterocycles. The predicted octanol–water partition coefficient (Wildman–Crippen LogP) is 3.48. The third-order valence-electron chi connectivity index (χ3n) is 6.32. The molecule has 6 nitrogen and oxygen atoms in total. The number of hydrogen-bond donors (Lipinski definition) is 1.